The van der Waals surface area contributed by atoms with Gasteiger partial charge in [-0.25, -0.2) is 4.79 Å². The molecule has 0 aliphatic carbocycles. The van der Waals surface area contributed by atoms with Crippen molar-refractivity contribution in [1.82, 2.24) is 25.4 Å². The van der Waals surface area contributed by atoms with Crippen LogP contribution in [0.1, 0.15) is 48.8 Å². The van der Waals surface area contributed by atoms with E-state index < -0.39 is 0 Å². The average Bonchev–Trinajstić information content (AvgIpc) is 3.11. The number of fused-ring (bicyclic) bond motifs is 1. The van der Waals surface area contributed by atoms with Crippen molar-refractivity contribution in [3.8, 4) is 0 Å². The SMILES string of the molecule is CC(NC(=O)NCc1nnc2n1CCCCC2)c1cccs1. The first-order valence-electron chi connectivity index (χ1n) is 7.73. The molecular formula is C15H21N5OS. The van der Waals surface area contributed by atoms with Crippen LogP contribution in [0.3, 0.4) is 0 Å². The van der Waals surface area contributed by atoms with Crippen LogP contribution in [-0.2, 0) is 19.5 Å². The molecule has 1 aliphatic rings. The molecule has 0 fully saturated rings. The van der Waals surface area contributed by atoms with Gasteiger partial charge >= 0.3 is 6.03 Å². The summed E-state index contributed by atoms with van der Waals surface area (Å²) in [5.74, 6) is 1.89. The minimum Gasteiger partial charge on any atom is -0.331 e. The predicted octanol–water partition coefficient (Wildman–Crippen LogP) is 2.63. The molecule has 2 amide bonds. The Balaban J connectivity index is 1.54. The van der Waals surface area contributed by atoms with Crippen LogP contribution in [0, 0.1) is 0 Å². The van der Waals surface area contributed by atoms with Gasteiger partial charge in [0.25, 0.3) is 0 Å². The number of rotatable bonds is 4. The average molecular weight is 319 g/mol. The summed E-state index contributed by atoms with van der Waals surface area (Å²) in [6.45, 7) is 3.34. The van der Waals surface area contributed by atoms with Crippen LogP contribution in [0.4, 0.5) is 4.79 Å². The standard InChI is InChI=1S/C15H21N5OS/c1-11(12-6-5-9-22-12)17-15(21)16-10-14-19-18-13-7-3-2-4-8-20(13)14/h5-6,9,11H,2-4,7-8,10H2,1H3,(H2,16,17,21). The summed E-state index contributed by atoms with van der Waals surface area (Å²) in [6.07, 6.45) is 4.54. The molecule has 2 aromatic heterocycles. The number of hydrogen-bond donors (Lipinski definition) is 2. The van der Waals surface area contributed by atoms with E-state index in [4.69, 9.17) is 0 Å². The summed E-state index contributed by atoms with van der Waals surface area (Å²) in [5.41, 5.74) is 0. The van der Waals surface area contributed by atoms with Crippen molar-refractivity contribution in [3.05, 3.63) is 34.0 Å². The molecule has 1 aliphatic heterocycles. The van der Waals surface area contributed by atoms with E-state index in [-0.39, 0.29) is 12.1 Å². The molecule has 0 radical (unpaired) electrons. The molecule has 6 nitrogen and oxygen atoms in total. The van der Waals surface area contributed by atoms with Crippen LogP contribution >= 0.6 is 11.3 Å². The summed E-state index contributed by atoms with van der Waals surface area (Å²) < 4.78 is 2.15. The van der Waals surface area contributed by atoms with Crippen LogP contribution in [-0.4, -0.2) is 20.8 Å². The second kappa shape index (κ2) is 6.91. The van der Waals surface area contributed by atoms with E-state index in [0.717, 1.165) is 35.9 Å². The highest BCUT2D eigenvalue weighted by molar-refractivity contribution is 7.10. The molecule has 0 saturated heterocycles. The first kappa shape index (κ1) is 15.0. The molecule has 118 valence electrons. The van der Waals surface area contributed by atoms with Crippen molar-refractivity contribution in [2.45, 2.75) is 51.7 Å². The Kier molecular flexibility index (Phi) is 4.72. The van der Waals surface area contributed by atoms with Crippen LogP contribution in [0.5, 0.6) is 0 Å². The second-order valence-corrected chi connectivity index (χ2v) is 6.54. The highest BCUT2D eigenvalue weighted by atomic mass is 32.1. The Labute approximate surface area is 133 Å². The van der Waals surface area contributed by atoms with Gasteiger partial charge < -0.3 is 15.2 Å². The summed E-state index contributed by atoms with van der Waals surface area (Å²) in [7, 11) is 0. The maximum Gasteiger partial charge on any atom is 0.315 e. The van der Waals surface area contributed by atoms with E-state index in [0.29, 0.717) is 6.54 Å². The van der Waals surface area contributed by atoms with Crippen LogP contribution in [0.15, 0.2) is 17.5 Å². The molecule has 1 atom stereocenters. The quantitative estimate of drug-likeness (QED) is 0.910. The maximum absolute atomic E-state index is 12.0. The number of thiophene rings is 1. The molecule has 0 spiro atoms. The monoisotopic (exact) mass is 319 g/mol. The van der Waals surface area contributed by atoms with E-state index in [9.17, 15) is 4.79 Å². The third kappa shape index (κ3) is 3.47. The van der Waals surface area contributed by atoms with Gasteiger partial charge in [0.15, 0.2) is 5.82 Å². The Morgan fingerprint density at radius 1 is 1.41 bits per heavy atom. The lowest BCUT2D eigenvalue weighted by Crippen LogP contribution is -2.37. The highest BCUT2D eigenvalue weighted by Gasteiger charge is 2.16. The molecule has 3 rings (SSSR count). The molecule has 2 aromatic rings. The predicted molar refractivity (Wildman–Crippen MR) is 85.7 cm³/mol. The zero-order valence-electron chi connectivity index (χ0n) is 12.7. The molecule has 22 heavy (non-hydrogen) atoms. The smallest absolute Gasteiger partial charge is 0.315 e. The van der Waals surface area contributed by atoms with Gasteiger partial charge in [-0.05, 0) is 31.2 Å². The van der Waals surface area contributed by atoms with Crippen molar-refractivity contribution < 1.29 is 4.79 Å². The van der Waals surface area contributed by atoms with Gasteiger partial charge in [0, 0.05) is 17.8 Å². The molecule has 3 heterocycles. The zero-order valence-corrected chi connectivity index (χ0v) is 13.5. The minimum absolute atomic E-state index is 0.00974. The van der Waals surface area contributed by atoms with Crippen LogP contribution in [0.25, 0.3) is 0 Å². The summed E-state index contributed by atoms with van der Waals surface area (Å²) >= 11 is 1.64. The lowest BCUT2D eigenvalue weighted by atomic mass is 10.2. The number of carbonyl (C=O) groups is 1. The lowest BCUT2D eigenvalue weighted by molar-refractivity contribution is 0.237. The van der Waals surface area contributed by atoms with E-state index >= 15 is 0 Å². The number of nitrogens with one attached hydrogen (secondary N) is 2. The van der Waals surface area contributed by atoms with Gasteiger partial charge in [-0.15, -0.1) is 21.5 Å². The lowest BCUT2D eigenvalue weighted by Gasteiger charge is -2.13. The van der Waals surface area contributed by atoms with Gasteiger partial charge in [-0.1, -0.05) is 12.5 Å². The fourth-order valence-corrected chi connectivity index (χ4v) is 3.43. The van der Waals surface area contributed by atoms with Gasteiger partial charge in [-0.3, -0.25) is 0 Å². The summed E-state index contributed by atoms with van der Waals surface area (Å²) in [5, 5.41) is 16.3. The minimum atomic E-state index is -0.174. The zero-order chi connectivity index (χ0) is 15.4. The van der Waals surface area contributed by atoms with Gasteiger partial charge in [-0.2, -0.15) is 0 Å². The number of nitrogens with zero attached hydrogens (tertiary/aromatic N) is 3. The number of urea groups is 1. The van der Waals surface area contributed by atoms with Crippen molar-refractivity contribution >= 4 is 17.4 Å². The van der Waals surface area contributed by atoms with E-state index in [1.54, 1.807) is 11.3 Å². The fraction of sp³-hybridized carbons (Fsp3) is 0.533. The Morgan fingerprint density at radius 3 is 3.14 bits per heavy atom. The third-order valence-electron chi connectivity index (χ3n) is 3.91. The number of hydrogen-bond acceptors (Lipinski definition) is 4. The maximum atomic E-state index is 12.0. The number of aryl methyl sites for hydroxylation is 1. The molecule has 7 heteroatoms. The Morgan fingerprint density at radius 2 is 2.32 bits per heavy atom. The third-order valence-corrected chi connectivity index (χ3v) is 4.97. The van der Waals surface area contributed by atoms with Gasteiger partial charge in [0.1, 0.15) is 5.82 Å². The molecule has 2 N–H and O–H groups in total. The van der Waals surface area contributed by atoms with Gasteiger partial charge in [0.05, 0.1) is 12.6 Å². The Hall–Kier alpha value is -1.89. The number of carbonyl (C=O) groups excluding carboxylic acids is 1. The van der Waals surface area contributed by atoms with Crippen LogP contribution < -0.4 is 10.6 Å². The first-order valence-corrected chi connectivity index (χ1v) is 8.60. The number of aromatic nitrogens is 3. The molecule has 0 bridgehead atoms. The van der Waals surface area contributed by atoms with Crippen LogP contribution in [0.2, 0.25) is 0 Å². The van der Waals surface area contributed by atoms with Crippen molar-refractivity contribution in [2.24, 2.45) is 0 Å². The topological polar surface area (TPSA) is 71.8 Å². The molecular weight excluding hydrogens is 298 g/mol. The number of amides is 2. The van der Waals surface area contributed by atoms with Crippen molar-refractivity contribution in [1.29, 1.82) is 0 Å². The first-order chi connectivity index (χ1) is 10.7. The molecule has 0 aromatic carbocycles. The van der Waals surface area contributed by atoms with E-state index in [1.807, 2.05) is 24.4 Å². The van der Waals surface area contributed by atoms with E-state index in [1.165, 1.54) is 12.8 Å². The van der Waals surface area contributed by atoms with Gasteiger partial charge in [0.2, 0.25) is 0 Å². The molecule has 1 unspecified atom stereocenters. The highest BCUT2D eigenvalue weighted by Crippen LogP contribution is 2.18. The van der Waals surface area contributed by atoms with Crippen molar-refractivity contribution in [2.75, 3.05) is 0 Å². The molecule has 0 saturated carbocycles. The summed E-state index contributed by atoms with van der Waals surface area (Å²) in [4.78, 5) is 13.1. The largest absolute Gasteiger partial charge is 0.331 e. The Bertz CT molecular complexity index is 622. The van der Waals surface area contributed by atoms with E-state index in [2.05, 4.69) is 25.4 Å². The normalized spacial score (nSPS) is 15.7. The fourth-order valence-electron chi connectivity index (χ4n) is 2.69. The summed E-state index contributed by atoms with van der Waals surface area (Å²) in [6, 6.07) is 3.85. The second-order valence-electron chi connectivity index (χ2n) is 5.56. The van der Waals surface area contributed by atoms with Crippen molar-refractivity contribution in [3.63, 3.8) is 0 Å².